The van der Waals surface area contributed by atoms with E-state index in [1.165, 1.54) is 6.92 Å². The maximum absolute atomic E-state index is 11.9. The molecule has 0 nitrogen and oxygen atoms in total. The van der Waals surface area contributed by atoms with Gasteiger partial charge in [-0.1, -0.05) is 27.2 Å². The Hall–Kier alpha value is -0.210. The normalized spacial score (nSPS) is 18.6. The fraction of sp³-hybridized carbons (Fsp3) is 1.00. The van der Waals surface area contributed by atoms with Gasteiger partial charge in [-0.2, -0.15) is 13.2 Å². The van der Waals surface area contributed by atoms with E-state index >= 15 is 0 Å². The molecule has 3 heteroatoms. The highest BCUT2D eigenvalue weighted by Gasteiger charge is 2.38. The molecule has 0 aromatic rings. The average molecular weight is 154 g/mol. The Morgan fingerprint density at radius 1 is 1.20 bits per heavy atom. The van der Waals surface area contributed by atoms with Crippen LogP contribution in [0.25, 0.3) is 0 Å². The van der Waals surface area contributed by atoms with E-state index in [1.54, 1.807) is 13.8 Å². The minimum atomic E-state index is -4.02. The van der Waals surface area contributed by atoms with Gasteiger partial charge in [-0.15, -0.1) is 0 Å². The molecule has 0 fully saturated rings. The summed E-state index contributed by atoms with van der Waals surface area (Å²) in [7, 11) is 0. The first-order valence-corrected chi connectivity index (χ1v) is 3.46. The summed E-state index contributed by atoms with van der Waals surface area (Å²) in [5.41, 5.74) is 0. The quantitative estimate of drug-likeness (QED) is 0.572. The molecule has 0 saturated heterocycles. The standard InChI is InChI=1S/C7H13F3/c1-4-5(2)6(3)7(8,9)10/h5-6H,4H2,1-3H3/t5?,6-/m0/s1. The third-order valence-electron chi connectivity index (χ3n) is 2.01. The van der Waals surface area contributed by atoms with Crippen LogP contribution in [0.1, 0.15) is 27.2 Å². The molecule has 0 aliphatic carbocycles. The van der Waals surface area contributed by atoms with Gasteiger partial charge in [-0.05, 0) is 5.92 Å². The first kappa shape index (κ1) is 9.79. The molecule has 0 heterocycles. The fourth-order valence-corrected chi connectivity index (χ4v) is 0.676. The van der Waals surface area contributed by atoms with Gasteiger partial charge < -0.3 is 0 Å². The fourth-order valence-electron chi connectivity index (χ4n) is 0.676. The topological polar surface area (TPSA) is 0 Å². The van der Waals surface area contributed by atoms with Crippen LogP contribution >= 0.6 is 0 Å². The lowest BCUT2D eigenvalue weighted by molar-refractivity contribution is -0.182. The van der Waals surface area contributed by atoms with Crippen molar-refractivity contribution in [2.75, 3.05) is 0 Å². The third kappa shape index (κ3) is 2.58. The van der Waals surface area contributed by atoms with E-state index in [9.17, 15) is 13.2 Å². The summed E-state index contributed by atoms with van der Waals surface area (Å²) in [4.78, 5) is 0. The Kier molecular flexibility index (Phi) is 3.19. The van der Waals surface area contributed by atoms with Crippen LogP contribution in [0, 0.1) is 11.8 Å². The zero-order chi connectivity index (χ0) is 8.36. The second kappa shape index (κ2) is 3.26. The number of halogens is 3. The van der Waals surface area contributed by atoms with Crippen LogP contribution in [0.3, 0.4) is 0 Å². The van der Waals surface area contributed by atoms with Gasteiger partial charge >= 0.3 is 6.18 Å². The molecular formula is C7H13F3. The predicted octanol–water partition coefficient (Wildman–Crippen LogP) is 3.23. The maximum atomic E-state index is 11.9. The van der Waals surface area contributed by atoms with Crippen LogP contribution in [-0.2, 0) is 0 Å². The average Bonchev–Trinajstić information content (AvgIpc) is 1.83. The number of hydrogen-bond acceptors (Lipinski definition) is 0. The number of alkyl halides is 3. The van der Waals surface area contributed by atoms with Crippen LogP contribution in [0.15, 0.2) is 0 Å². The van der Waals surface area contributed by atoms with Crippen LogP contribution in [0.4, 0.5) is 13.2 Å². The Morgan fingerprint density at radius 2 is 1.60 bits per heavy atom. The summed E-state index contributed by atoms with van der Waals surface area (Å²) in [5.74, 6) is -1.43. The summed E-state index contributed by atoms with van der Waals surface area (Å²) >= 11 is 0. The van der Waals surface area contributed by atoms with Gasteiger partial charge in [-0.3, -0.25) is 0 Å². The minimum Gasteiger partial charge on any atom is -0.171 e. The molecule has 0 radical (unpaired) electrons. The van der Waals surface area contributed by atoms with Crippen molar-refractivity contribution in [3.63, 3.8) is 0 Å². The second-order valence-corrected chi connectivity index (χ2v) is 2.72. The third-order valence-corrected chi connectivity index (χ3v) is 2.01. The molecule has 0 bridgehead atoms. The van der Waals surface area contributed by atoms with Crippen molar-refractivity contribution in [3.05, 3.63) is 0 Å². The van der Waals surface area contributed by atoms with Crippen molar-refractivity contribution in [2.24, 2.45) is 11.8 Å². The van der Waals surface area contributed by atoms with Crippen molar-refractivity contribution in [1.82, 2.24) is 0 Å². The summed E-state index contributed by atoms with van der Waals surface area (Å²) in [6.45, 7) is 4.62. The number of rotatable bonds is 2. The maximum Gasteiger partial charge on any atom is 0.391 e. The second-order valence-electron chi connectivity index (χ2n) is 2.72. The van der Waals surface area contributed by atoms with Crippen LogP contribution < -0.4 is 0 Å². The van der Waals surface area contributed by atoms with E-state index in [0.29, 0.717) is 6.42 Å². The first-order chi connectivity index (χ1) is 4.39. The van der Waals surface area contributed by atoms with Gasteiger partial charge in [0.1, 0.15) is 0 Å². The van der Waals surface area contributed by atoms with Gasteiger partial charge in [0.15, 0.2) is 0 Å². The van der Waals surface area contributed by atoms with E-state index < -0.39 is 12.1 Å². The molecule has 0 aliphatic heterocycles. The highest BCUT2D eigenvalue weighted by Crippen LogP contribution is 2.32. The van der Waals surface area contributed by atoms with Crippen molar-refractivity contribution >= 4 is 0 Å². The van der Waals surface area contributed by atoms with Crippen molar-refractivity contribution < 1.29 is 13.2 Å². The van der Waals surface area contributed by atoms with E-state index in [1.807, 2.05) is 0 Å². The van der Waals surface area contributed by atoms with Gasteiger partial charge in [-0.25, -0.2) is 0 Å². The molecule has 62 valence electrons. The van der Waals surface area contributed by atoms with Gasteiger partial charge in [0.05, 0.1) is 5.92 Å². The molecule has 0 amide bonds. The minimum absolute atomic E-state index is 0.264. The highest BCUT2D eigenvalue weighted by atomic mass is 19.4. The predicted molar refractivity (Wildman–Crippen MR) is 34.7 cm³/mol. The Labute approximate surface area is 59.4 Å². The molecule has 0 aromatic heterocycles. The van der Waals surface area contributed by atoms with Crippen molar-refractivity contribution in [1.29, 1.82) is 0 Å². The largest absolute Gasteiger partial charge is 0.391 e. The van der Waals surface area contributed by atoms with Crippen molar-refractivity contribution in [3.8, 4) is 0 Å². The summed E-state index contributed by atoms with van der Waals surface area (Å²) in [5, 5.41) is 0. The SMILES string of the molecule is CCC(C)[C@H](C)C(F)(F)F. The Balaban J connectivity index is 3.94. The van der Waals surface area contributed by atoms with Crippen LogP contribution in [0.2, 0.25) is 0 Å². The molecule has 10 heavy (non-hydrogen) atoms. The Bertz CT molecular complexity index is 95.5. The van der Waals surface area contributed by atoms with Gasteiger partial charge in [0.2, 0.25) is 0 Å². The molecule has 0 N–H and O–H groups in total. The molecule has 0 rings (SSSR count). The van der Waals surface area contributed by atoms with Crippen molar-refractivity contribution in [2.45, 2.75) is 33.4 Å². The lowest BCUT2D eigenvalue weighted by Gasteiger charge is -2.20. The smallest absolute Gasteiger partial charge is 0.171 e. The Morgan fingerprint density at radius 3 is 1.70 bits per heavy atom. The molecule has 0 spiro atoms. The van der Waals surface area contributed by atoms with Gasteiger partial charge in [0, 0.05) is 0 Å². The molecule has 0 saturated carbocycles. The van der Waals surface area contributed by atoms with Gasteiger partial charge in [0.25, 0.3) is 0 Å². The summed E-state index contributed by atoms with van der Waals surface area (Å²) in [6, 6.07) is 0. The van der Waals surface area contributed by atoms with Crippen LogP contribution in [0.5, 0.6) is 0 Å². The zero-order valence-electron chi connectivity index (χ0n) is 6.50. The summed E-state index contributed by atoms with van der Waals surface area (Å²) < 4.78 is 35.7. The summed E-state index contributed by atoms with van der Waals surface area (Å²) in [6.07, 6.45) is -3.43. The van der Waals surface area contributed by atoms with E-state index in [4.69, 9.17) is 0 Å². The number of hydrogen-bond donors (Lipinski definition) is 0. The zero-order valence-corrected chi connectivity index (χ0v) is 6.50. The molecule has 0 aromatic carbocycles. The molecular weight excluding hydrogens is 141 g/mol. The van der Waals surface area contributed by atoms with Crippen LogP contribution in [-0.4, -0.2) is 6.18 Å². The molecule has 1 unspecified atom stereocenters. The highest BCUT2D eigenvalue weighted by molar-refractivity contribution is 4.67. The van der Waals surface area contributed by atoms with E-state index in [2.05, 4.69) is 0 Å². The first-order valence-electron chi connectivity index (χ1n) is 3.46. The molecule has 0 aliphatic rings. The monoisotopic (exact) mass is 154 g/mol. The lowest BCUT2D eigenvalue weighted by atomic mass is 9.93. The lowest BCUT2D eigenvalue weighted by Crippen LogP contribution is -2.25. The van der Waals surface area contributed by atoms with E-state index in [0.717, 1.165) is 0 Å². The molecule has 2 atom stereocenters. The van der Waals surface area contributed by atoms with E-state index in [-0.39, 0.29) is 5.92 Å².